The number of hydrogen-bond donors (Lipinski definition) is 0. The van der Waals surface area contributed by atoms with Gasteiger partial charge in [0, 0.05) is 38.3 Å². The molecule has 2 aromatic rings. The van der Waals surface area contributed by atoms with Crippen molar-refractivity contribution in [2.24, 2.45) is 0 Å². The van der Waals surface area contributed by atoms with Gasteiger partial charge in [-0.3, -0.25) is 9.69 Å². The number of thiazole rings is 1. The number of carbonyl (C=O) groups excluding carboxylic acids is 1. The summed E-state index contributed by atoms with van der Waals surface area (Å²) < 4.78 is 13.7. The zero-order valence-electron chi connectivity index (χ0n) is 12.5. The first-order valence-corrected chi connectivity index (χ1v) is 8.18. The number of piperazine rings is 1. The van der Waals surface area contributed by atoms with E-state index in [2.05, 4.69) is 9.88 Å². The van der Waals surface area contributed by atoms with Crippen LogP contribution in [0.5, 0.6) is 0 Å². The van der Waals surface area contributed by atoms with Gasteiger partial charge in [-0.15, -0.1) is 11.3 Å². The summed E-state index contributed by atoms with van der Waals surface area (Å²) >= 11 is 1.39. The highest BCUT2D eigenvalue weighted by Crippen LogP contribution is 2.17. The molecule has 1 amide bonds. The molecule has 1 aliphatic heterocycles. The maximum absolute atomic E-state index is 13.7. The molecule has 0 N–H and O–H groups in total. The molecule has 0 atom stereocenters. The Kier molecular flexibility index (Phi) is 4.49. The van der Waals surface area contributed by atoms with Crippen LogP contribution < -0.4 is 0 Å². The number of aromatic nitrogens is 1. The number of amides is 1. The van der Waals surface area contributed by atoms with Crippen LogP contribution in [0.25, 0.3) is 0 Å². The van der Waals surface area contributed by atoms with Crippen molar-refractivity contribution in [2.75, 3.05) is 26.2 Å². The van der Waals surface area contributed by atoms with Crippen molar-refractivity contribution in [1.82, 2.24) is 14.8 Å². The molecule has 0 unspecified atom stereocenters. The fraction of sp³-hybridized carbons (Fsp3) is 0.375. The standard InChI is InChI=1S/C16H18FN3OS/c1-12-15(22-11-18-12)16(21)20-8-6-19(7-9-20)10-13-4-2-3-5-14(13)17/h2-5,11H,6-10H2,1H3. The van der Waals surface area contributed by atoms with Crippen LogP contribution in [0.2, 0.25) is 0 Å². The van der Waals surface area contributed by atoms with Crippen LogP contribution in [-0.4, -0.2) is 46.9 Å². The average molecular weight is 319 g/mol. The number of halogens is 1. The summed E-state index contributed by atoms with van der Waals surface area (Å²) in [5.74, 6) is -0.105. The lowest BCUT2D eigenvalue weighted by Gasteiger charge is -2.34. The number of hydrogen-bond acceptors (Lipinski definition) is 4. The number of nitrogens with zero attached hydrogens (tertiary/aromatic N) is 3. The Morgan fingerprint density at radius 1 is 1.27 bits per heavy atom. The van der Waals surface area contributed by atoms with Crippen LogP contribution in [0.15, 0.2) is 29.8 Å². The van der Waals surface area contributed by atoms with Gasteiger partial charge < -0.3 is 4.90 Å². The monoisotopic (exact) mass is 319 g/mol. The predicted molar refractivity (Wildman–Crippen MR) is 84.4 cm³/mol. The first-order chi connectivity index (χ1) is 10.6. The number of aryl methyl sites for hydroxylation is 1. The fourth-order valence-corrected chi connectivity index (χ4v) is 3.40. The molecule has 0 radical (unpaired) electrons. The summed E-state index contributed by atoms with van der Waals surface area (Å²) in [5, 5.41) is 0. The molecular weight excluding hydrogens is 301 g/mol. The third-order valence-electron chi connectivity index (χ3n) is 3.95. The molecule has 0 bridgehead atoms. The predicted octanol–water partition coefficient (Wildman–Crippen LogP) is 2.55. The lowest BCUT2D eigenvalue weighted by atomic mass is 10.2. The molecule has 22 heavy (non-hydrogen) atoms. The van der Waals surface area contributed by atoms with E-state index in [1.165, 1.54) is 17.4 Å². The summed E-state index contributed by atoms with van der Waals surface area (Å²) in [4.78, 5) is 21.3. The molecule has 1 aromatic heterocycles. The molecule has 1 fully saturated rings. The maximum Gasteiger partial charge on any atom is 0.265 e. The lowest BCUT2D eigenvalue weighted by Crippen LogP contribution is -2.48. The van der Waals surface area contributed by atoms with Crippen molar-refractivity contribution in [2.45, 2.75) is 13.5 Å². The molecule has 1 saturated heterocycles. The van der Waals surface area contributed by atoms with Gasteiger partial charge in [0.25, 0.3) is 5.91 Å². The molecular formula is C16H18FN3OS. The highest BCUT2D eigenvalue weighted by molar-refractivity contribution is 7.11. The molecule has 4 nitrogen and oxygen atoms in total. The van der Waals surface area contributed by atoms with Crippen LogP contribution in [0.3, 0.4) is 0 Å². The number of rotatable bonds is 3. The third kappa shape index (κ3) is 3.18. The smallest absolute Gasteiger partial charge is 0.265 e. The lowest BCUT2D eigenvalue weighted by molar-refractivity contribution is 0.0631. The minimum absolute atomic E-state index is 0.0607. The van der Waals surface area contributed by atoms with E-state index in [9.17, 15) is 9.18 Å². The van der Waals surface area contributed by atoms with E-state index in [0.717, 1.165) is 23.7 Å². The fourth-order valence-electron chi connectivity index (χ4n) is 2.63. The average Bonchev–Trinajstić information content (AvgIpc) is 2.96. The van der Waals surface area contributed by atoms with Crippen molar-refractivity contribution >= 4 is 17.2 Å². The Balaban J connectivity index is 1.58. The van der Waals surface area contributed by atoms with Gasteiger partial charge in [0.05, 0.1) is 11.2 Å². The van der Waals surface area contributed by atoms with E-state index in [0.29, 0.717) is 25.2 Å². The molecule has 6 heteroatoms. The molecule has 1 aliphatic rings. The second kappa shape index (κ2) is 6.54. The van der Waals surface area contributed by atoms with E-state index in [1.807, 2.05) is 24.0 Å². The third-order valence-corrected chi connectivity index (χ3v) is 4.87. The van der Waals surface area contributed by atoms with Gasteiger partial charge in [0.1, 0.15) is 10.7 Å². The van der Waals surface area contributed by atoms with Gasteiger partial charge in [0.2, 0.25) is 0 Å². The molecule has 0 spiro atoms. The molecule has 116 valence electrons. The van der Waals surface area contributed by atoms with Crippen molar-refractivity contribution in [3.63, 3.8) is 0 Å². The van der Waals surface area contributed by atoms with Gasteiger partial charge in [-0.25, -0.2) is 9.37 Å². The summed E-state index contributed by atoms with van der Waals surface area (Å²) in [6, 6.07) is 6.85. The highest BCUT2D eigenvalue weighted by atomic mass is 32.1. The zero-order valence-corrected chi connectivity index (χ0v) is 13.3. The molecule has 3 rings (SSSR count). The van der Waals surface area contributed by atoms with E-state index >= 15 is 0 Å². The quantitative estimate of drug-likeness (QED) is 0.872. The van der Waals surface area contributed by atoms with E-state index in [1.54, 1.807) is 11.6 Å². The summed E-state index contributed by atoms with van der Waals surface area (Å²) in [7, 11) is 0. The number of benzene rings is 1. The molecule has 0 saturated carbocycles. The second-order valence-electron chi connectivity index (χ2n) is 5.43. The molecule has 0 aliphatic carbocycles. The summed E-state index contributed by atoms with van der Waals surface area (Å²) in [5.41, 5.74) is 3.21. The largest absolute Gasteiger partial charge is 0.335 e. The minimum Gasteiger partial charge on any atom is -0.335 e. The normalized spacial score (nSPS) is 16.0. The van der Waals surface area contributed by atoms with E-state index in [4.69, 9.17) is 0 Å². The van der Waals surface area contributed by atoms with Crippen LogP contribution in [0.4, 0.5) is 4.39 Å². The Hall–Kier alpha value is -1.79. The first kappa shape index (κ1) is 15.1. The summed E-state index contributed by atoms with van der Waals surface area (Å²) in [6.45, 7) is 5.32. The van der Waals surface area contributed by atoms with Crippen LogP contribution >= 0.6 is 11.3 Å². The van der Waals surface area contributed by atoms with Crippen molar-refractivity contribution in [3.05, 3.63) is 51.7 Å². The SMILES string of the molecule is Cc1ncsc1C(=O)N1CCN(Cc2ccccc2F)CC1. The van der Waals surface area contributed by atoms with E-state index in [-0.39, 0.29) is 11.7 Å². The van der Waals surface area contributed by atoms with Gasteiger partial charge in [0.15, 0.2) is 0 Å². The van der Waals surface area contributed by atoms with Crippen LogP contribution in [0, 0.1) is 12.7 Å². The Morgan fingerprint density at radius 3 is 2.64 bits per heavy atom. The first-order valence-electron chi connectivity index (χ1n) is 7.30. The number of carbonyl (C=O) groups is 1. The summed E-state index contributed by atoms with van der Waals surface area (Å²) in [6.07, 6.45) is 0. The van der Waals surface area contributed by atoms with Crippen molar-refractivity contribution in [1.29, 1.82) is 0 Å². The van der Waals surface area contributed by atoms with Gasteiger partial charge in [-0.05, 0) is 13.0 Å². The Bertz CT molecular complexity index is 665. The topological polar surface area (TPSA) is 36.4 Å². The van der Waals surface area contributed by atoms with Crippen LogP contribution in [-0.2, 0) is 6.54 Å². The molecule has 2 heterocycles. The van der Waals surface area contributed by atoms with E-state index < -0.39 is 0 Å². The van der Waals surface area contributed by atoms with Gasteiger partial charge >= 0.3 is 0 Å². The van der Waals surface area contributed by atoms with Gasteiger partial charge in [-0.1, -0.05) is 18.2 Å². The van der Waals surface area contributed by atoms with Crippen molar-refractivity contribution in [3.8, 4) is 0 Å². The minimum atomic E-state index is -0.165. The van der Waals surface area contributed by atoms with Gasteiger partial charge in [-0.2, -0.15) is 0 Å². The Morgan fingerprint density at radius 2 is 2.00 bits per heavy atom. The Labute approximate surface area is 133 Å². The second-order valence-corrected chi connectivity index (χ2v) is 6.28. The van der Waals surface area contributed by atoms with Crippen LogP contribution in [0.1, 0.15) is 20.9 Å². The highest BCUT2D eigenvalue weighted by Gasteiger charge is 2.24. The van der Waals surface area contributed by atoms with Crippen molar-refractivity contribution < 1.29 is 9.18 Å². The molecule has 1 aromatic carbocycles. The maximum atomic E-state index is 13.7. The zero-order chi connectivity index (χ0) is 15.5.